The first-order valence-corrected chi connectivity index (χ1v) is 10.5. The molecule has 2 atom stereocenters. The number of benzene rings is 1. The number of aliphatic hydroxyl groups is 2. The Morgan fingerprint density at radius 2 is 1.73 bits per heavy atom. The topological polar surface area (TPSA) is 69.7 Å². The minimum Gasteiger partial charge on any atom is -0.399 e. The Kier molecular flexibility index (Phi) is 5.02. The molecule has 3 fully saturated rings. The number of nitrogens with two attached hydrogens (primary N) is 1. The van der Waals surface area contributed by atoms with E-state index in [0.717, 1.165) is 69.4 Å². The van der Waals surface area contributed by atoms with Crippen molar-refractivity contribution in [3.63, 3.8) is 0 Å². The molecule has 1 heterocycles. The summed E-state index contributed by atoms with van der Waals surface area (Å²) in [6, 6.07) is 7.84. The van der Waals surface area contributed by atoms with E-state index in [2.05, 4.69) is 4.90 Å². The molecule has 144 valence electrons. The fourth-order valence-electron chi connectivity index (χ4n) is 5.87. The molecular weight excluding hydrogens is 324 g/mol. The van der Waals surface area contributed by atoms with Crippen molar-refractivity contribution in [1.82, 2.24) is 4.90 Å². The molecule has 0 spiro atoms. The average Bonchev–Trinajstić information content (AvgIpc) is 2.80. The van der Waals surface area contributed by atoms with Gasteiger partial charge in [0.25, 0.3) is 0 Å². The maximum atomic E-state index is 11.5. The minimum atomic E-state index is -0.715. The lowest BCUT2D eigenvalue weighted by Crippen LogP contribution is -2.52. The molecule has 3 aliphatic rings. The van der Waals surface area contributed by atoms with Crippen LogP contribution in [0, 0.1) is 11.8 Å². The summed E-state index contributed by atoms with van der Waals surface area (Å²) >= 11 is 0. The van der Waals surface area contributed by atoms with E-state index in [-0.39, 0.29) is 0 Å². The van der Waals surface area contributed by atoms with Gasteiger partial charge in [-0.3, -0.25) is 0 Å². The van der Waals surface area contributed by atoms with Gasteiger partial charge >= 0.3 is 0 Å². The van der Waals surface area contributed by atoms with Gasteiger partial charge in [0.05, 0.1) is 11.2 Å². The first-order chi connectivity index (χ1) is 12.5. The van der Waals surface area contributed by atoms with Crippen LogP contribution in [0.3, 0.4) is 0 Å². The molecule has 2 saturated carbocycles. The summed E-state index contributed by atoms with van der Waals surface area (Å²) in [4.78, 5) is 2.52. The summed E-state index contributed by atoms with van der Waals surface area (Å²) in [5, 5.41) is 22.2. The lowest BCUT2D eigenvalue weighted by atomic mass is 9.75. The molecule has 1 saturated heterocycles. The molecule has 4 rings (SSSR count). The second-order valence-corrected chi connectivity index (χ2v) is 9.07. The molecule has 2 unspecified atom stereocenters. The molecule has 1 aromatic carbocycles. The van der Waals surface area contributed by atoms with Gasteiger partial charge in [-0.1, -0.05) is 31.4 Å². The Balaban J connectivity index is 1.36. The molecule has 4 N–H and O–H groups in total. The van der Waals surface area contributed by atoms with Gasteiger partial charge < -0.3 is 20.8 Å². The standard InChI is InChI=1S/C22H34N2O2/c23-20-7-4-6-17(14-20)22(26)18-8-9-19(22)16-24(15-18)13-5-12-21(25)10-2-1-3-11-21/h4,6-7,14,18-19,25-26H,1-3,5,8-13,15-16,23H2. The highest BCUT2D eigenvalue weighted by molar-refractivity contribution is 5.43. The zero-order valence-corrected chi connectivity index (χ0v) is 15.9. The molecule has 26 heavy (non-hydrogen) atoms. The van der Waals surface area contributed by atoms with E-state index < -0.39 is 11.2 Å². The molecular formula is C22H34N2O2. The van der Waals surface area contributed by atoms with Gasteiger partial charge in [-0.25, -0.2) is 0 Å². The van der Waals surface area contributed by atoms with Crippen molar-refractivity contribution in [2.45, 2.75) is 69.0 Å². The SMILES string of the molecule is Nc1cccc(C2(O)C3CCC2CN(CCCC2(O)CCCCC2)C3)c1. The van der Waals surface area contributed by atoms with Crippen LogP contribution < -0.4 is 5.73 Å². The molecule has 2 aliphatic carbocycles. The Labute approximate surface area is 157 Å². The summed E-state index contributed by atoms with van der Waals surface area (Å²) in [7, 11) is 0. The van der Waals surface area contributed by atoms with Crippen molar-refractivity contribution < 1.29 is 10.2 Å². The summed E-state index contributed by atoms with van der Waals surface area (Å²) in [5.41, 5.74) is 6.58. The highest BCUT2D eigenvalue weighted by Gasteiger charge is 2.53. The molecule has 0 amide bonds. The minimum absolute atomic E-state index is 0.292. The van der Waals surface area contributed by atoms with E-state index in [4.69, 9.17) is 5.73 Å². The summed E-state index contributed by atoms with van der Waals surface area (Å²) in [6.45, 7) is 2.96. The molecule has 2 bridgehead atoms. The first-order valence-electron chi connectivity index (χ1n) is 10.5. The zero-order chi connectivity index (χ0) is 18.2. The number of likely N-dealkylation sites (tertiary alicyclic amines) is 1. The third kappa shape index (κ3) is 3.39. The van der Waals surface area contributed by atoms with Gasteiger partial charge in [0.2, 0.25) is 0 Å². The van der Waals surface area contributed by atoms with Crippen LogP contribution in [0.25, 0.3) is 0 Å². The van der Waals surface area contributed by atoms with Crippen LogP contribution in [0.15, 0.2) is 24.3 Å². The Morgan fingerprint density at radius 1 is 1.04 bits per heavy atom. The quantitative estimate of drug-likeness (QED) is 0.707. The Morgan fingerprint density at radius 3 is 2.38 bits per heavy atom. The summed E-state index contributed by atoms with van der Waals surface area (Å²) in [5.74, 6) is 0.585. The average molecular weight is 359 g/mol. The normalized spacial score (nSPS) is 34.1. The lowest BCUT2D eigenvalue weighted by Gasteiger charge is -2.45. The smallest absolute Gasteiger partial charge is 0.0977 e. The summed E-state index contributed by atoms with van der Waals surface area (Å²) in [6.07, 6.45) is 9.77. The maximum Gasteiger partial charge on any atom is 0.0977 e. The molecule has 1 aromatic rings. The highest BCUT2D eigenvalue weighted by atomic mass is 16.3. The monoisotopic (exact) mass is 358 g/mol. The molecule has 0 aromatic heterocycles. The molecule has 4 nitrogen and oxygen atoms in total. The van der Waals surface area contributed by atoms with Crippen molar-refractivity contribution in [3.8, 4) is 0 Å². The van der Waals surface area contributed by atoms with E-state index in [0.29, 0.717) is 11.8 Å². The van der Waals surface area contributed by atoms with Crippen LogP contribution >= 0.6 is 0 Å². The van der Waals surface area contributed by atoms with Gasteiger partial charge in [0.1, 0.15) is 0 Å². The number of hydrogen-bond donors (Lipinski definition) is 3. The third-order valence-corrected chi connectivity index (χ3v) is 7.32. The van der Waals surface area contributed by atoms with Crippen molar-refractivity contribution in [1.29, 1.82) is 0 Å². The second kappa shape index (κ2) is 7.14. The predicted octanol–water partition coefficient (Wildman–Crippen LogP) is 3.27. The van der Waals surface area contributed by atoms with Gasteiger partial charge in [0.15, 0.2) is 0 Å². The third-order valence-electron chi connectivity index (χ3n) is 7.32. The summed E-state index contributed by atoms with van der Waals surface area (Å²) < 4.78 is 0. The zero-order valence-electron chi connectivity index (χ0n) is 15.9. The van der Waals surface area contributed by atoms with Crippen molar-refractivity contribution in [2.24, 2.45) is 11.8 Å². The molecule has 0 radical (unpaired) electrons. The van der Waals surface area contributed by atoms with Gasteiger partial charge in [0, 0.05) is 30.6 Å². The van der Waals surface area contributed by atoms with Crippen molar-refractivity contribution in [2.75, 3.05) is 25.4 Å². The number of nitrogens with zero attached hydrogens (tertiary/aromatic N) is 1. The lowest BCUT2D eigenvalue weighted by molar-refractivity contribution is -0.0910. The number of anilines is 1. The van der Waals surface area contributed by atoms with Crippen molar-refractivity contribution >= 4 is 5.69 Å². The maximum absolute atomic E-state index is 11.5. The van der Waals surface area contributed by atoms with Crippen molar-refractivity contribution in [3.05, 3.63) is 29.8 Å². The van der Waals surface area contributed by atoms with Crippen LogP contribution in [0.1, 0.15) is 63.4 Å². The van der Waals surface area contributed by atoms with Crippen LogP contribution in [0.4, 0.5) is 5.69 Å². The number of rotatable bonds is 5. The highest BCUT2D eigenvalue weighted by Crippen LogP contribution is 2.51. The molecule has 4 heteroatoms. The van der Waals surface area contributed by atoms with E-state index in [9.17, 15) is 10.2 Å². The fraction of sp³-hybridized carbons (Fsp3) is 0.727. The van der Waals surface area contributed by atoms with E-state index in [1.54, 1.807) is 0 Å². The van der Waals surface area contributed by atoms with E-state index in [1.807, 2.05) is 24.3 Å². The molecule has 1 aliphatic heterocycles. The number of hydrogen-bond acceptors (Lipinski definition) is 4. The van der Waals surface area contributed by atoms with Gasteiger partial charge in [-0.05, 0) is 62.8 Å². The number of nitrogen functional groups attached to an aromatic ring is 1. The van der Waals surface area contributed by atoms with E-state index in [1.165, 1.54) is 19.3 Å². The van der Waals surface area contributed by atoms with Gasteiger partial charge in [-0.2, -0.15) is 0 Å². The van der Waals surface area contributed by atoms with Crippen LogP contribution in [-0.2, 0) is 5.60 Å². The Bertz CT molecular complexity index is 612. The predicted molar refractivity (Wildman–Crippen MR) is 105 cm³/mol. The second-order valence-electron chi connectivity index (χ2n) is 9.07. The van der Waals surface area contributed by atoms with E-state index >= 15 is 0 Å². The number of piperidine rings is 1. The number of fused-ring (bicyclic) bond motifs is 2. The first kappa shape index (κ1) is 18.3. The van der Waals surface area contributed by atoms with Crippen LogP contribution in [0.2, 0.25) is 0 Å². The van der Waals surface area contributed by atoms with Crippen LogP contribution in [-0.4, -0.2) is 40.3 Å². The van der Waals surface area contributed by atoms with Gasteiger partial charge in [-0.15, -0.1) is 0 Å². The largest absolute Gasteiger partial charge is 0.399 e. The fourth-order valence-corrected chi connectivity index (χ4v) is 5.87. The van der Waals surface area contributed by atoms with Crippen LogP contribution in [0.5, 0.6) is 0 Å². The Hall–Kier alpha value is -1.10.